The second-order valence-corrected chi connectivity index (χ2v) is 4.46. The van der Waals surface area contributed by atoms with Crippen molar-refractivity contribution >= 4 is 18.4 Å². The van der Waals surface area contributed by atoms with Crippen molar-refractivity contribution in [3.63, 3.8) is 0 Å². The highest BCUT2D eigenvalue weighted by atomic mass is 35.5. The van der Waals surface area contributed by atoms with Crippen LogP contribution in [0.2, 0.25) is 0 Å². The molecule has 0 fully saturated rings. The molecule has 0 aliphatic heterocycles. The van der Waals surface area contributed by atoms with Crippen LogP contribution in [0.5, 0.6) is 0 Å². The Balaban J connectivity index is 0. The number of esters is 1. The molecule has 0 amide bonds. The van der Waals surface area contributed by atoms with E-state index in [-0.39, 0.29) is 24.1 Å². The van der Waals surface area contributed by atoms with Gasteiger partial charge >= 0.3 is 5.97 Å². The zero-order chi connectivity index (χ0) is 11.4. The number of halogens is 1. The smallest absolute Gasteiger partial charge is 0.322 e. The lowest BCUT2D eigenvalue weighted by atomic mass is 10.2. The molecule has 15 heavy (non-hydrogen) atoms. The SMILES string of the molecule is C[C@H](N)C(=O)O[C@@H](C)COC(C)(C)C.Cl. The van der Waals surface area contributed by atoms with Crippen molar-refractivity contribution in [2.75, 3.05) is 6.61 Å². The van der Waals surface area contributed by atoms with Gasteiger partial charge in [-0.05, 0) is 34.6 Å². The summed E-state index contributed by atoms with van der Waals surface area (Å²) in [5, 5.41) is 0. The van der Waals surface area contributed by atoms with Gasteiger partial charge in [0.1, 0.15) is 12.1 Å². The maximum absolute atomic E-state index is 11.1. The first-order valence-corrected chi connectivity index (χ1v) is 4.82. The molecule has 0 radical (unpaired) electrons. The second-order valence-electron chi connectivity index (χ2n) is 4.46. The van der Waals surface area contributed by atoms with Crippen molar-refractivity contribution < 1.29 is 14.3 Å². The first kappa shape index (κ1) is 17.1. The number of rotatable bonds is 4. The van der Waals surface area contributed by atoms with Gasteiger partial charge in [0.2, 0.25) is 0 Å². The zero-order valence-corrected chi connectivity index (χ0v) is 10.9. The number of hydrogen-bond donors (Lipinski definition) is 1. The summed E-state index contributed by atoms with van der Waals surface area (Å²) in [6.45, 7) is 9.63. The number of carbonyl (C=O) groups is 1. The second kappa shape index (κ2) is 7.04. The first-order valence-electron chi connectivity index (χ1n) is 4.82. The number of carbonyl (C=O) groups excluding carboxylic acids is 1. The average Bonchev–Trinajstić information content (AvgIpc) is 1.99. The van der Waals surface area contributed by atoms with Crippen LogP contribution in [0.4, 0.5) is 0 Å². The van der Waals surface area contributed by atoms with E-state index in [0.29, 0.717) is 6.61 Å². The molecule has 0 saturated carbocycles. The van der Waals surface area contributed by atoms with Crippen LogP contribution < -0.4 is 5.73 Å². The zero-order valence-electron chi connectivity index (χ0n) is 10.1. The molecule has 0 spiro atoms. The van der Waals surface area contributed by atoms with Gasteiger partial charge in [0.25, 0.3) is 0 Å². The molecule has 2 N–H and O–H groups in total. The normalized spacial score (nSPS) is 15.1. The summed E-state index contributed by atoms with van der Waals surface area (Å²) in [5.41, 5.74) is 5.14. The Morgan fingerprint density at radius 3 is 2.13 bits per heavy atom. The van der Waals surface area contributed by atoms with Gasteiger partial charge < -0.3 is 15.2 Å². The lowest BCUT2D eigenvalue weighted by Gasteiger charge is -2.22. The molecule has 0 bridgehead atoms. The predicted octanol–water partition coefficient (Wildman–Crippen LogP) is 1.50. The third-order valence-electron chi connectivity index (χ3n) is 1.44. The van der Waals surface area contributed by atoms with Crippen molar-refractivity contribution in [1.29, 1.82) is 0 Å². The largest absolute Gasteiger partial charge is 0.459 e. The van der Waals surface area contributed by atoms with Crippen LogP contribution >= 0.6 is 12.4 Å². The van der Waals surface area contributed by atoms with E-state index in [1.54, 1.807) is 13.8 Å². The monoisotopic (exact) mass is 239 g/mol. The van der Waals surface area contributed by atoms with E-state index in [9.17, 15) is 4.79 Å². The highest BCUT2D eigenvalue weighted by Gasteiger charge is 2.16. The fourth-order valence-electron chi connectivity index (χ4n) is 0.707. The highest BCUT2D eigenvalue weighted by Crippen LogP contribution is 2.08. The summed E-state index contributed by atoms with van der Waals surface area (Å²) in [4.78, 5) is 11.1. The molecule has 5 heteroatoms. The van der Waals surface area contributed by atoms with E-state index in [2.05, 4.69) is 0 Å². The van der Waals surface area contributed by atoms with Gasteiger partial charge in [0.15, 0.2) is 0 Å². The van der Waals surface area contributed by atoms with Crippen molar-refractivity contribution in [2.45, 2.75) is 52.4 Å². The highest BCUT2D eigenvalue weighted by molar-refractivity contribution is 5.85. The molecule has 0 unspecified atom stereocenters. The third-order valence-corrected chi connectivity index (χ3v) is 1.44. The van der Waals surface area contributed by atoms with Gasteiger partial charge in [0, 0.05) is 0 Å². The lowest BCUT2D eigenvalue weighted by Crippen LogP contribution is -2.34. The minimum atomic E-state index is -0.577. The van der Waals surface area contributed by atoms with E-state index in [1.165, 1.54) is 0 Å². The molecule has 0 aromatic carbocycles. The van der Waals surface area contributed by atoms with Gasteiger partial charge in [-0.2, -0.15) is 0 Å². The molecule has 0 heterocycles. The Labute approximate surface area is 97.9 Å². The Bertz CT molecular complexity index is 190. The van der Waals surface area contributed by atoms with E-state index in [0.717, 1.165) is 0 Å². The van der Waals surface area contributed by atoms with Gasteiger partial charge in [-0.3, -0.25) is 4.79 Å². The third kappa shape index (κ3) is 9.97. The van der Waals surface area contributed by atoms with Crippen molar-refractivity contribution in [3.8, 4) is 0 Å². The summed E-state index contributed by atoms with van der Waals surface area (Å²) in [5.74, 6) is -0.394. The minimum Gasteiger partial charge on any atom is -0.459 e. The fourth-order valence-corrected chi connectivity index (χ4v) is 0.707. The van der Waals surface area contributed by atoms with Crippen LogP contribution in [0.25, 0.3) is 0 Å². The topological polar surface area (TPSA) is 61.6 Å². The van der Waals surface area contributed by atoms with Crippen LogP contribution in [0.15, 0.2) is 0 Å². The molecular formula is C10H22ClNO3. The summed E-state index contributed by atoms with van der Waals surface area (Å²) in [6, 6.07) is -0.577. The lowest BCUT2D eigenvalue weighted by molar-refractivity contribution is -0.155. The molecule has 0 aromatic rings. The quantitative estimate of drug-likeness (QED) is 0.756. The Hall–Kier alpha value is -0.320. The molecule has 0 aliphatic carbocycles. The van der Waals surface area contributed by atoms with E-state index in [1.807, 2.05) is 20.8 Å². The maximum atomic E-state index is 11.1. The minimum absolute atomic E-state index is 0. The van der Waals surface area contributed by atoms with E-state index >= 15 is 0 Å². The summed E-state index contributed by atoms with van der Waals surface area (Å²) >= 11 is 0. The van der Waals surface area contributed by atoms with Gasteiger partial charge in [-0.1, -0.05) is 0 Å². The molecule has 0 aliphatic rings. The Morgan fingerprint density at radius 1 is 1.33 bits per heavy atom. The number of nitrogens with two attached hydrogens (primary N) is 1. The first-order chi connectivity index (χ1) is 6.22. The van der Waals surface area contributed by atoms with Crippen molar-refractivity contribution in [2.24, 2.45) is 5.73 Å². The molecule has 0 rings (SSSR count). The molecule has 4 nitrogen and oxygen atoms in total. The predicted molar refractivity (Wildman–Crippen MR) is 62.2 cm³/mol. The van der Waals surface area contributed by atoms with Crippen LogP contribution in [-0.4, -0.2) is 30.3 Å². The van der Waals surface area contributed by atoms with Crippen LogP contribution in [-0.2, 0) is 14.3 Å². The fraction of sp³-hybridized carbons (Fsp3) is 0.900. The summed E-state index contributed by atoms with van der Waals surface area (Å²) < 4.78 is 10.5. The summed E-state index contributed by atoms with van der Waals surface area (Å²) in [6.07, 6.45) is -0.257. The maximum Gasteiger partial charge on any atom is 0.322 e. The van der Waals surface area contributed by atoms with Crippen molar-refractivity contribution in [3.05, 3.63) is 0 Å². The number of hydrogen-bond acceptors (Lipinski definition) is 4. The summed E-state index contributed by atoms with van der Waals surface area (Å²) in [7, 11) is 0. The Morgan fingerprint density at radius 2 is 1.80 bits per heavy atom. The van der Waals surface area contributed by atoms with Gasteiger partial charge in [-0.15, -0.1) is 12.4 Å². The van der Waals surface area contributed by atoms with Gasteiger partial charge in [-0.25, -0.2) is 0 Å². The average molecular weight is 240 g/mol. The van der Waals surface area contributed by atoms with Crippen LogP contribution in [0.1, 0.15) is 34.6 Å². The Kier molecular flexibility index (Phi) is 8.02. The molecule has 92 valence electrons. The van der Waals surface area contributed by atoms with E-state index in [4.69, 9.17) is 15.2 Å². The van der Waals surface area contributed by atoms with Crippen LogP contribution in [0, 0.1) is 0 Å². The van der Waals surface area contributed by atoms with Gasteiger partial charge in [0.05, 0.1) is 12.2 Å². The van der Waals surface area contributed by atoms with E-state index < -0.39 is 12.0 Å². The van der Waals surface area contributed by atoms with Crippen LogP contribution in [0.3, 0.4) is 0 Å². The standard InChI is InChI=1S/C10H21NO3.ClH/c1-7(6-13-10(3,4)5)14-9(12)8(2)11;/h7-8H,6,11H2,1-5H3;1H/t7-,8-;/m0./s1. The molecular weight excluding hydrogens is 218 g/mol. The van der Waals surface area contributed by atoms with Crippen molar-refractivity contribution in [1.82, 2.24) is 0 Å². The molecule has 2 atom stereocenters. The number of ether oxygens (including phenoxy) is 2. The molecule has 0 aromatic heterocycles. The molecule has 0 saturated heterocycles.